The third kappa shape index (κ3) is 5.88. The number of hydrogen-bond acceptors (Lipinski definition) is 4. The molecule has 0 spiro atoms. The van der Waals surface area contributed by atoms with Crippen LogP contribution in [0.1, 0.15) is 29.6 Å². The smallest absolute Gasteiger partial charge is 0.251 e. The van der Waals surface area contributed by atoms with E-state index in [2.05, 4.69) is 10.6 Å². The number of benzene rings is 1. The third-order valence-electron chi connectivity index (χ3n) is 3.80. The molecule has 23 heavy (non-hydrogen) atoms. The van der Waals surface area contributed by atoms with E-state index in [0.717, 1.165) is 25.2 Å². The van der Waals surface area contributed by atoms with E-state index in [1.807, 2.05) is 24.5 Å². The van der Waals surface area contributed by atoms with Crippen molar-refractivity contribution in [3.63, 3.8) is 0 Å². The van der Waals surface area contributed by atoms with Crippen molar-refractivity contribution in [3.8, 4) is 0 Å². The normalized spacial score (nSPS) is 18.4. The van der Waals surface area contributed by atoms with Crippen LogP contribution in [0, 0.1) is 0 Å². The van der Waals surface area contributed by atoms with E-state index < -0.39 is 6.04 Å². The first kappa shape index (κ1) is 17.8. The number of nitrogens with one attached hydrogen (secondary N) is 2. The van der Waals surface area contributed by atoms with E-state index in [4.69, 9.17) is 4.74 Å². The zero-order valence-electron chi connectivity index (χ0n) is 13.4. The van der Waals surface area contributed by atoms with E-state index >= 15 is 0 Å². The van der Waals surface area contributed by atoms with Crippen LogP contribution in [-0.2, 0) is 9.53 Å². The van der Waals surface area contributed by atoms with Crippen LogP contribution in [0.15, 0.2) is 30.3 Å². The second kappa shape index (κ2) is 9.57. The summed E-state index contributed by atoms with van der Waals surface area (Å²) in [5.41, 5.74) is 0.563. The molecule has 0 aliphatic carbocycles. The summed E-state index contributed by atoms with van der Waals surface area (Å²) in [5, 5.41) is 5.74. The summed E-state index contributed by atoms with van der Waals surface area (Å²) < 4.78 is 5.51. The van der Waals surface area contributed by atoms with Gasteiger partial charge < -0.3 is 15.4 Å². The van der Waals surface area contributed by atoms with Gasteiger partial charge in [0.25, 0.3) is 5.91 Å². The Morgan fingerprint density at radius 2 is 2.13 bits per heavy atom. The number of carbonyl (C=O) groups excluding carboxylic acids is 2. The van der Waals surface area contributed by atoms with E-state index in [1.165, 1.54) is 0 Å². The largest absolute Gasteiger partial charge is 0.376 e. The Morgan fingerprint density at radius 3 is 2.78 bits per heavy atom. The van der Waals surface area contributed by atoms with E-state index in [-0.39, 0.29) is 17.9 Å². The Morgan fingerprint density at radius 1 is 1.35 bits per heavy atom. The molecule has 6 heteroatoms. The molecule has 5 nitrogen and oxygen atoms in total. The molecule has 2 atom stereocenters. The van der Waals surface area contributed by atoms with Crippen LogP contribution >= 0.6 is 11.8 Å². The van der Waals surface area contributed by atoms with Crippen LogP contribution in [0.2, 0.25) is 0 Å². The van der Waals surface area contributed by atoms with Crippen molar-refractivity contribution in [2.45, 2.75) is 31.4 Å². The highest BCUT2D eigenvalue weighted by atomic mass is 32.2. The second-order valence-electron chi connectivity index (χ2n) is 5.55. The summed E-state index contributed by atoms with van der Waals surface area (Å²) in [6.07, 6.45) is 4.72. The lowest BCUT2D eigenvalue weighted by molar-refractivity contribution is -0.123. The molecule has 1 aromatic carbocycles. The van der Waals surface area contributed by atoms with Crippen LogP contribution in [0.3, 0.4) is 0 Å². The lowest BCUT2D eigenvalue weighted by atomic mass is 10.1. The molecule has 2 N–H and O–H groups in total. The molecule has 0 aromatic heterocycles. The standard InChI is InChI=1S/C17H24N2O3S/c1-23-11-9-15(17(21)18-12-14-8-5-10-22-14)19-16(20)13-6-3-2-4-7-13/h2-4,6-7,14-15H,5,8-12H2,1H3,(H,18,21)(H,19,20)/t14-,15-/m1/s1. The lowest BCUT2D eigenvalue weighted by Gasteiger charge is -2.19. The van der Waals surface area contributed by atoms with Gasteiger partial charge in [0.15, 0.2) is 0 Å². The van der Waals surface area contributed by atoms with E-state index in [1.54, 1.807) is 23.9 Å². The van der Waals surface area contributed by atoms with Crippen LogP contribution in [0.25, 0.3) is 0 Å². The number of amides is 2. The average Bonchev–Trinajstić information content (AvgIpc) is 3.10. The molecular weight excluding hydrogens is 312 g/mol. The van der Waals surface area contributed by atoms with Crippen LogP contribution < -0.4 is 10.6 Å². The van der Waals surface area contributed by atoms with Crippen molar-refractivity contribution < 1.29 is 14.3 Å². The quantitative estimate of drug-likeness (QED) is 0.760. The number of thioether (sulfide) groups is 1. The van der Waals surface area contributed by atoms with Crippen LogP contribution in [-0.4, -0.2) is 49.1 Å². The van der Waals surface area contributed by atoms with Gasteiger partial charge in [-0.1, -0.05) is 18.2 Å². The molecule has 1 fully saturated rings. The van der Waals surface area contributed by atoms with Crippen molar-refractivity contribution in [2.75, 3.05) is 25.2 Å². The Bertz CT molecular complexity index is 504. The van der Waals surface area contributed by atoms with Crippen LogP contribution in [0.4, 0.5) is 0 Å². The number of hydrogen-bond donors (Lipinski definition) is 2. The highest BCUT2D eigenvalue weighted by Crippen LogP contribution is 2.11. The fourth-order valence-corrected chi connectivity index (χ4v) is 2.95. The molecule has 0 unspecified atom stereocenters. The second-order valence-corrected chi connectivity index (χ2v) is 6.54. The summed E-state index contributed by atoms with van der Waals surface area (Å²) in [5.74, 6) is 0.454. The topological polar surface area (TPSA) is 67.4 Å². The van der Waals surface area contributed by atoms with Crippen molar-refractivity contribution in [1.29, 1.82) is 0 Å². The zero-order valence-corrected chi connectivity index (χ0v) is 14.2. The molecule has 1 saturated heterocycles. The highest BCUT2D eigenvalue weighted by molar-refractivity contribution is 7.98. The van der Waals surface area contributed by atoms with Gasteiger partial charge in [0.2, 0.25) is 5.91 Å². The molecule has 2 amide bonds. The van der Waals surface area contributed by atoms with Crippen molar-refractivity contribution >= 4 is 23.6 Å². The van der Waals surface area contributed by atoms with E-state index in [0.29, 0.717) is 18.5 Å². The van der Waals surface area contributed by atoms with Gasteiger partial charge >= 0.3 is 0 Å². The minimum Gasteiger partial charge on any atom is -0.376 e. The van der Waals surface area contributed by atoms with Gasteiger partial charge in [0.05, 0.1) is 6.10 Å². The number of ether oxygens (including phenoxy) is 1. The number of rotatable bonds is 8. The first-order chi connectivity index (χ1) is 11.2. The SMILES string of the molecule is CSCC[C@@H](NC(=O)c1ccccc1)C(=O)NC[C@H]1CCCO1. The Balaban J connectivity index is 1.89. The predicted octanol–water partition coefficient (Wildman–Crippen LogP) is 1.83. The Labute approximate surface area is 141 Å². The molecule has 1 aromatic rings. The van der Waals surface area contributed by atoms with Gasteiger partial charge in [-0.2, -0.15) is 11.8 Å². The van der Waals surface area contributed by atoms with E-state index in [9.17, 15) is 9.59 Å². The maximum Gasteiger partial charge on any atom is 0.251 e. The fourth-order valence-electron chi connectivity index (χ4n) is 2.48. The van der Waals surface area contributed by atoms with Gasteiger partial charge in [-0.05, 0) is 43.4 Å². The van der Waals surface area contributed by atoms with Crippen LogP contribution in [0.5, 0.6) is 0 Å². The number of carbonyl (C=O) groups is 2. The minimum atomic E-state index is -0.517. The highest BCUT2D eigenvalue weighted by Gasteiger charge is 2.23. The maximum absolute atomic E-state index is 12.4. The Kier molecular flexibility index (Phi) is 7.42. The molecule has 0 saturated carbocycles. The predicted molar refractivity (Wildman–Crippen MR) is 92.7 cm³/mol. The van der Waals surface area contributed by atoms with Gasteiger partial charge in [-0.3, -0.25) is 9.59 Å². The zero-order chi connectivity index (χ0) is 16.5. The summed E-state index contributed by atoms with van der Waals surface area (Å²) in [6, 6.07) is 8.44. The molecule has 126 valence electrons. The molecule has 0 radical (unpaired) electrons. The lowest BCUT2D eigenvalue weighted by Crippen LogP contribution is -2.48. The summed E-state index contributed by atoms with van der Waals surface area (Å²) >= 11 is 1.66. The molecular formula is C17H24N2O3S. The molecule has 1 aliphatic heterocycles. The van der Waals surface area contributed by atoms with Crippen molar-refractivity contribution in [1.82, 2.24) is 10.6 Å². The summed E-state index contributed by atoms with van der Waals surface area (Å²) in [6.45, 7) is 1.27. The minimum absolute atomic E-state index is 0.102. The summed E-state index contributed by atoms with van der Waals surface area (Å²) in [7, 11) is 0. The maximum atomic E-state index is 12.4. The summed E-state index contributed by atoms with van der Waals surface area (Å²) in [4.78, 5) is 24.6. The Hall–Kier alpha value is -1.53. The monoisotopic (exact) mass is 336 g/mol. The molecule has 2 rings (SSSR count). The fraction of sp³-hybridized carbons (Fsp3) is 0.529. The van der Waals surface area contributed by atoms with Crippen molar-refractivity contribution in [2.24, 2.45) is 0 Å². The van der Waals surface area contributed by atoms with Gasteiger partial charge in [-0.25, -0.2) is 0 Å². The first-order valence-electron chi connectivity index (χ1n) is 7.95. The average molecular weight is 336 g/mol. The molecule has 1 aliphatic rings. The van der Waals surface area contributed by atoms with Gasteiger partial charge in [0.1, 0.15) is 6.04 Å². The van der Waals surface area contributed by atoms with Gasteiger partial charge in [0, 0.05) is 18.7 Å². The molecule has 1 heterocycles. The first-order valence-corrected chi connectivity index (χ1v) is 9.34. The third-order valence-corrected chi connectivity index (χ3v) is 4.44. The van der Waals surface area contributed by atoms with Crippen molar-refractivity contribution in [3.05, 3.63) is 35.9 Å². The molecule has 0 bridgehead atoms. The van der Waals surface area contributed by atoms with Gasteiger partial charge in [-0.15, -0.1) is 0 Å².